The summed E-state index contributed by atoms with van der Waals surface area (Å²) in [5, 5.41) is 19.5. The van der Waals surface area contributed by atoms with Crippen LogP contribution in [-0.4, -0.2) is 32.1 Å². The molecule has 5 aromatic rings. The zero-order valence-electron chi connectivity index (χ0n) is 16.6. The van der Waals surface area contributed by atoms with E-state index in [9.17, 15) is 19.2 Å². The topological polar surface area (TPSA) is 140 Å². The molecular weight excluding hydrogens is 412 g/mol. The largest absolute Gasteiger partial charge is 0.481 e. The zero-order chi connectivity index (χ0) is 22.6. The fourth-order valence-corrected chi connectivity index (χ4v) is 4.11. The van der Waals surface area contributed by atoms with Gasteiger partial charge in [-0.05, 0) is 47.5 Å². The van der Waals surface area contributed by atoms with Crippen LogP contribution in [0.4, 0.5) is 0 Å². The van der Waals surface area contributed by atoms with E-state index in [1.54, 1.807) is 48.5 Å². The molecule has 3 aromatic carbocycles. The first-order chi connectivity index (χ1) is 15.3. The lowest BCUT2D eigenvalue weighted by atomic mass is 10.0. The van der Waals surface area contributed by atoms with Gasteiger partial charge in [-0.1, -0.05) is 12.1 Å². The average Bonchev–Trinajstić information content (AvgIpc) is 2.74. The van der Waals surface area contributed by atoms with Crippen molar-refractivity contribution < 1.29 is 19.8 Å². The van der Waals surface area contributed by atoms with E-state index in [0.29, 0.717) is 54.7 Å². The molecule has 0 atom stereocenters. The van der Waals surface area contributed by atoms with Gasteiger partial charge in [0, 0.05) is 32.6 Å². The summed E-state index contributed by atoms with van der Waals surface area (Å²) in [5.41, 5.74) is 2.55. The smallest absolute Gasteiger partial charge is 0.307 e. The maximum atomic E-state index is 13.2. The van der Waals surface area contributed by atoms with E-state index in [-0.39, 0.29) is 23.7 Å². The number of nitrogens with one attached hydrogen (secondary N) is 2. The lowest BCUT2D eigenvalue weighted by molar-refractivity contribution is -0.137. The van der Waals surface area contributed by atoms with Crippen LogP contribution < -0.4 is 10.9 Å². The van der Waals surface area contributed by atoms with Gasteiger partial charge in [-0.15, -0.1) is 0 Å². The van der Waals surface area contributed by atoms with Crippen molar-refractivity contribution in [1.82, 2.24) is 9.97 Å². The van der Waals surface area contributed by atoms with Crippen LogP contribution >= 0.6 is 0 Å². The number of hydrogen-bond acceptors (Lipinski definition) is 4. The average molecular weight is 428 g/mol. The monoisotopic (exact) mass is 428 g/mol. The van der Waals surface area contributed by atoms with Crippen molar-refractivity contribution in [3.05, 3.63) is 80.1 Å². The number of aliphatic carboxylic acids is 2. The van der Waals surface area contributed by atoms with E-state index in [1.807, 2.05) is 0 Å². The maximum absolute atomic E-state index is 13.2. The highest BCUT2D eigenvalue weighted by Crippen LogP contribution is 2.22. The fraction of sp³-hybridized carbons (Fsp3) is 0.0833. The minimum Gasteiger partial charge on any atom is -0.481 e. The molecule has 0 aliphatic rings. The van der Waals surface area contributed by atoms with Gasteiger partial charge in [-0.3, -0.25) is 19.2 Å². The lowest BCUT2D eigenvalue weighted by Gasteiger charge is -2.08. The summed E-state index contributed by atoms with van der Waals surface area (Å²) < 4.78 is 0. The second-order valence-corrected chi connectivity index (χ2v) is 7.75. The van der Waals surface area contributed by atoms with Crippen LogP contribution in [0.25, 0.3) is 43.6 Å². The molecule has 0 aliphatic carbocycles. The van der Waals surface area contributed by atoms with Gasteiger partial charge in [-0.2, -0.15) is 0 Å². The number of hydrogen-bond donors (Lipinski definition) is 4. The number of aromatic nitrogens is 2. The summed E-state index contributed by atoms with van der Waals surface area (Å²) in [7, 11) is 0. The Morgan fingerprint density at radius 3 is 1.34 bits per heavy atom. The van der Waals surface area contributed by atoms with Crippen LogP contribution in [0.2, 0.25) is 0 Å². The summed E-state index contributed by atoms with van der Waals surface area (Å²) in [6, 6.07) is 13.0. The number of aromatic amines is 2. The highest BCUT2D eigenvalue weighted by molar-refractivity contribution is 6.03. The number of carboxylic acid groups (broad SMARTS) is 2. The number of carboxylic acids is 2. The Morgan fingerprint density at radius 2 is 0.969 bits per heavy atom. The molecule has 0 fully saturated rings. The molecule has 5 rings (SSSR count). The van der Waals surface area contributed by atoms with Crippen LogP contribution in [0.1, 0.15) is 11.1 Å². The Hall–Kier alpha value is -4.46. The first-order valence-electron chi connectivity index (χ1n) is 9.81. The summed E-state index contributed by atoms with van der Waals surface area (Å²) >= 11 is 0. The van der Waals surface area contributed by atoms with E-state index in [0.717, 1.165) is 0 Å². The van der Waals surface area contributed by atoms with Crippen molar-refractivity contribution in [2.24, 2.45) is 0 Å². The van der Waals surface area contributed by atoms with Crippen molar-refractivity contribution in [2.45, 2.75) is 12.8 Å². The van der Waals surface area contributed by atoms with Crippen LogP contribution in [0.3, 0.4) is 0 Å². The Morgan fingerprint density at radius 1 is 0.594 bits per heavy atom. The number of carbonyl (C=O) groups is 2. The zero-order valence-corrected chi connectivity index (χ0v) is 16.6. The summed E-state index contributed by atoms with van der Waals surface area (Å²) in [5.74, 6) is -1.97. The Kier molecular flexibility index (Phi) is 4.30. The van der Waals surface area contributed by atoms with Gasteiger partial charge in [0.2, 0.25) is 0 Å². The second kappa shape index (κ2) is 7.05. The quantitative estimate of drug-likeness (QED) is 0.325. The minimum absolute atomic E-state index is 0.186. The van der Waals surface area contributed by atoms with Gasteiger partial charge in [0.05, 0.1) is 23.9 Å². The van der Waals surface area contributed by atoms with E-state index >= 15 is 0 Å². The molecule has 0 spiro atoms. The van der Waals surface area contributed by atoms with Crippen molar-refractivity contribution in [2.75, 3.05) is 0 Å². The van der Waals surface area contributed by atoms with Crippen LogP contribution in [0.5, 0.6) is 0 Å². The fourth-order valence-electron chi connectivity index (χ4n) is 4.11. The Bertz CT molecular complexity index is 1600. The van der Waals surface area contributed by atoms with E-state index in [2.05, 4.69) is 9.97 Å². The number of benzene rings is 3. The highest BCUT2D eigenvalue weighted by Gasteiger charge is 2.13. The third-order valence-electron chi connectivity index (χ3n) is 5.55. The molecule has 0 aliphatic heterocycles. The van der Waals surface area contributed by atoms with Crippen molar-refractivity contribution in [1.29, 1.82) is 0 Å². The second-order valence-electron chi connectivity index (χ2n) is 7.75. The van der Waals surface area contributed by atoms with Crippen molar-refractivity contribution >= 4 is 55.6 Å². The minimum atomic E-state index is -0.983. The molecular formula is C24H16N2O6. The van der Waals surface area contributed by atoms with Crippen LogP contribution in [-0.2, 0) is 22.4 Å². The molecule has 8 nitrogen and oxygen atoms in total. The first-order valence-corrected chi connectivity index (χ1v) is 9.81. The molecule has 0 radical (unpaired) electrons. The number of pyridine rings is 2. The predicted octanol–water partition coefficient (Wildman–Crippen LogP) is 2.93. The van der Waals surface area contributed by atoms with Gasteiger partial charge < -0.3 is 20.2 Å². The molecule has 0 amide bonds. The van der Waals surface area contributed by atoms with Crippen molar-refractivity contribution in [3.63, 3.8) is 0 Å². The summed E-state index contributed by atoms with van der Waals surface area (Å²) in [6.07, 6.45) is -0.372. The van der Waals surface area contributed by atoms with E-state index < -0.39 is 11.9 Å². The predicted molar refractivity (Wildman–Crippen MR) is 120 cm³/mol. The molecule has 2 heterocycles. The number of rotatable bonds is 4. The molecule has 0 saturated heterocycles. The third-order valence-corrected chi connectivity index (χ3v) is 5.55. The standard InChI is InChI=1S/C24H16N2O6/c27-21(28)7-11-1-3-17-13(5-11)23(31)15-10-20-16(9-19(15)25-17)24(32)14-6-12(8-22(29)30)2-4-18(14)26-20/h1-6,9-10H,7-8H2,(H,25,31)(H,26,32)(H,27,28)(H,29,30). The lowest BCUT2D eigenvalue weighted by Crippen LogP contribution is -2.09. The van der Waals surface area contributed by atoms with Gasteiger partial charge in [0.25, 0.3) is 0 Å². The maximum Gasteiger partial charge on any atom is 0.307 e. The summed E-state index contributed by atoms with van der Waals surface area (Å²) in [6.45, 7) is 0. The number of H-pyrrole nitrogens is 2. The molecule has 0 bridgehead atoms. The normalized spacial score (nSPS) is 11.5. The molecule has 0 saturated carbocycles. The van der Waals surface area contributed by atoms with E-state index in [4.69, 9.17) is 10.2 Å². The Balaban J connectivity index is 1.79. The molecule has 8 heteroatoms. The Labute approximate surface area is 178 Å². The molecule has 4 N–H and O–H groups in total. The van der Waals surface area contributed by atoms with Gasteiger partial charge in [-0.25, -0.2) is 0 Å². The highest BCUT2D eigenvalue weighted by atomic mass is 16.4. The first kappa shape index (κ1) is 19.5. The number of fused-ring (bicyclic) bond motifs is 4. The summed E-state index contributed by atoms with van der Waals surface area (Å²) in [4.78, 5) is 54.6. The molecule has 32 heavy (non-hydrogen) atoms. The van der Waals surface area contributed by atoms with Gasteiger partial charge in [0.15, 0.2) is 10.9 Å². The molecule has 2 aromatic heterocycles. The van der Waals surface area contributed by atoms with Crippen molar-refractivity contribution in [3.8, 4) is 0 Å². The van der Waals surface area contributed by atoms with Crippen LogP contribution in [0, 0.1) is 0 Å². The third kappa shape index (κ3) is 3.18. The van der Waals surface area contributed by atoms with Gasteiger partial charge in [0.1, 0.15) is 0 Å². The SMILES string of the molecule is O=C(O)Cc1ccc2[nH]c3cc4c(=O)c5cc(CC(=O)O)ccc5[nH]c4cc3c(=O)c2c1. The molecule has 158 valence electrons. The van der Waals surface area contributed by atoms with Gasteiger partial charge >= 0.3 is 11.9 Å². The van der Waals surface area contributed by atoms with E-state index in [1.165, 1.54) is 0 Å². The molecule has 0 unspecified atom stereocenters. The van der Waals surface area contributed by atoms with Crippen LogP contribution in [0.15, 0.2) is 58.1 Å².